The zero-order valence-electron chi connectivity index (χ0n) is 8.80. The summed E-state index contributed by atoms with van der Waals surface area (Å²) < 4.78 is 4.96. The first-order chi connectivity index (χ1) is 7.72. The molecule has 16 heavy (non-hydrogen) atoms. The van der Waals surface area contributed by atoms with E-state index in [9.17, 15) is 10.1 Å². The van der Waals surface area contributed by atoms with E-state index in [4.69, 9.17) is 4.74 Å². The van der Waals surface area contributed by atoms with Crippen LogP contribution in [0, 0.1) is 10.1 Å². The Hall–Kier alpha value is -1.27. The van der Waals surface area contributed by atoms with E-state index in [0.717, 1.165) is 17.9 Å². The molecular weight excluding hydrogens is 228 g/mol. The van der Waals surface area contributed by atoms with Crippen LogP contribution < -0.4 is 10.1 Å². The SMILES string of the molecule is COc1ccc([C@@H]2NCCS2)cc1[N+](=O)[O-]. The minimum atomic E-state index is -0.415. The molecule has 6 heteroatoms. The molecule has 0 radical (unpaired) electrons. The van der Waals surface area contributed by atoms with Crippen molar-refractivity contribution in [2.45, 2.75) is 5.37 Å². The smallest absolute Gasteiger partial charge is 0.311 e. The van der Waals surface area contributed by atoms with Gasteiger partial charge in [0.05, 0.1) is 17.4 Å². The molecular formula is C10H12N2O3S. The number of nitrogens with one attached hydrogen (secondary N) is 1. The predicted octanol–water partition coefficient (Wildman–Crippen LogP) is 1.94. The van der Waals surface area contributed by atoms with Gasteiger partial charge in [-0.3, -0.25) is 10.1 Å². The summed E-state index contributed by atoms with van der Waals surface area (Å²) in [6, 6.07) is 5.09. The zero-order valence-corrected chi connectivity index (χ0v) is 9.62. The molecule has 0 bridgehead atoms. The van der Waals surface area contributed by atoms with Crippen molar-refractivity contribution in [3.63, 3.8) is 0 Å². The number of thioether (sulfide) groups is 1. The average Bonchev–Trinajstić information content (AvgIpc) is 2.81. The topological polar surface area (TPSA) is 64.4 Å². The highest BCUT2D eigenvalue weighted by atomic mass is 32.2. The van der Waals surface area contributed by atoms with Crippen LogP contribution in [0.15, 0.2) is 18.2 Å². The normalized spacial score (nSPS) is 19.7. The van der Waals surface area contributed by atoms with Gasteiger partial charge in [-0.2, -0.15) is 0 Å². The molecule has 1 aliphatic heterocycles. The van der Waals surface area contributed by atoms with Gasteiger partial charge >= 0.3 is 5.69 Å². The van der Waals surface area contributed by atoms with Gasteiger partial charge in [-0.15, -0.1) is 11.8 Å². The summed E-state index contributed by atoms with van der Waals surface area (Å²) in [5.41, 5.74) is 0.948. The monoisotopic (exact) mass is 240 g/mol. The molecule has 0 unspecified atom stereocenters. The molecule has 86 valence electrons. The van der Waals surface area contributed by atoms with Gasteiger partial charge in [-0.25, -0.2) is 0 Å². The fraction of sp³-hybridized carbons (Fsp3) is 0.400. The van der Waals surface area contributed by atoms with Gasteiger partial charge in [-0.1, -0.05) is 6.07 Å². The number of nitro groups is 1. The van der Waals surface area contributed by atoms with Crippen LogP contribution in [0.5, 0.6) is 5.75 Å². The van der Waals surface area contributed by atoms with Gasteiger partial charge in [0.15, 0.2) is 5.75 Å². The number of methoxy groups -OCH3 is 1. The molecule has 1 atom stereocenters. The lowest BCUT2D eigenvalue weighted by atomic mass is 10.2. The predicted molar refractivity (Wildman–Crippen MR) is 62.9 cm³/mol. The van der Waals surface area contributed by atoms with E-state index >= 15 is 0 Å². The van der Waals surface area contributed by atoms with Crippen LogP contribution >= 0.6 is 11.8 Å². The second kappa shape index (κ2) is 4.71. The third-order valence-electron chi connectivity index (χ3n) is 2.42. The zero-order chi connectivity index (χ0) is 11.5. The summed E-state index contributed by atoms with van der Waals surface area (Å²) in [6.07, 6.45) is 0. The van der Waals surface area contributed by atoms with Gasteiger partial charge in [0.2, 0.25) is 0 Å². The summed E-state index contributed by atoms with van der Waals surface area (Å²) in [7, 11) is 1.44. The largest absolute Gasteiger partial charge is 0.490 e. The van der Waals surface area contributed by atoms with Crippen molar-refractivity contribution >= 4 is 17.4 Å². The van der Waals surface area contributed by atoms with Crippen molar-refractivity contribution < 1.29 is 9.66 Å². The van der Waals surface area contributed by atoms with Gasteiger partial charge in [0.1, 0.15) is 0 Å². The summed E-state index contributed by atoms with van der Waals surface area (Å²) in [5.74, 6) is 1.33. The summed E-state index contributed by atoms with van der Waals surface area (Å²) >= 11 is 1.75. The summed E-state index contributed by atoms with van der Waals surface area (Å²) in [6.45, 7) is 0.940. The number of benzene rings is 1. The molecule has 0 aliphatic carbocycles. The fourth-order valence-corrected chi connectivity index (χ4v) is 2.70. The van der Waals surface area contributed by atoms with Gasteiger partial charge in [0, 0.05) is 18.4 Å². The highest BCUT2D eigenvalue weighted by molar-refractivity contribution is 7.99. The number of nitro benzene ring substituents is 1. The van der Waals surface area contributed by atoms with Crippen LogP contribution in [0.4, 0.5) is 5.69 Å². The number of nitrogens with zero attached hydrogens (tertiary/aromatic N) is 1. The molecule has 1 aromatic carbocycles. The Bertz CT molecular complexity index is 405. The molecule has 1 aromatic rings. The van der Waals surface area contributed by atoms with Crippen LogP contribution in [-0.2, 0) is 0 Å². The summed E-state index contributed by atoms with van der Waals surface area (Å²) in [4.78, 5) is 10.4. The van der Waals surface area contributed by atoms with E-state index in [2.05, 4.69) is 5.32 Å². The molecule has 0 amide bonds. The molecule has 1 heterocycles. The number of hydrogen-bond donors (Lipinski definition) is 1. The third-order valence-corrected chi connectivity index (χ3v) is 3.63. The van der Waals surface area contributed by atoms with Crippen LogP contribution in [0.2, 0.25) is 0 Å². The maximum atomic E-state index is 10.8. The Balaban J connectivity index is 2.34. The van der Waals surface area contributed by atoms with Crippen molar-refractivity contribution in [1.29, 1.82) is 0 Å². The minimum Gasteiger partial charge on any atom is -0.490 e. The van der Waals surface area contributed by atoms with Crippen molar-refractivity contribution in [1.82, 2.24) is 5.32 Å². The molecule has 0 spiro atoms. The van der Waals surface area contributed by atoms with Crippen LogP contribution in [0.25, 0.3) is 0 Å². The average molecular weight is 240 g/mol. The maximum Gasteiger partial charge on any atom is 0.311 e. The highest BCUT2D eigenvalue weighted by Gasteiger charge is 2.21. The molecule has 1 aliphatic rings. The first-order valence-corrected chi connectivity index (χ1v) is 5.94. The van der Waals surface area contributed by atoms with E-state index in [1.807, 2.05) is 6.07 Å². The molecule has 1 saturated heterocycles. The van der Waals surface area contributed by atoms with Crippen molar-refractivity contribution in [3.05, 3.63) is 33.9 Å². The van der Waals surface area contributed by atoms with Crippen molar-refractivity contribution in [2.24, 2.45) is 0 Å². The second-order valence-electron chi connectivity index (χ2n) is 3.39. The Morgan fingerprint density at radius 1 is 1.62 bits per heavy atom. The third kappa shape index (κ3) is 2.12. The Morgan fingerprint density at radius 2 is 2.44 bits per heavy atom. The maximum absolute atomic E-state index is 10.8. The Morgan fingerprint density at radius 3 is 3.00 bits per heavy atom. The molecule has 5 nitrogen and oxygen atoms in total. The molecule has 0 aromatic heterocycles. The summed E-state index contributed by atoms with van der Waals surface area (Å²) in [5, 5.41) is 14.3. The van der Waals surface area contributed by atoms with E-state index < -0.39 is 4.92 Å². The standard InChI is InChI=1S/C10H12N2O3S/c1-15-9-3-2-7(6-8(9)12(13)14)10-11-4-5-16-10/h2-3,6,10-11H,4-5H2,1H3/t10-/m1/s1. The molecule has 1 fully saturated rings. The van der Waals surface area contributed by atoms with E-state index in [1.165, 1.54) is 7.11 Å². The van der Waals surface area contributed by atoms with Crippen LogP contribution in [0.1, 0.15) is 10.9 Å². The lowest BCUT2D eigenvalue weighted by molar-refractivity contribution is -0.385. The molecule has 0 saturated carbocycles. The van der Waals surface area contributed by atoms with Crippen LogP contribution in [-0.4, -0.2) is 24.3 Å². The first kappa shape index (κ1) is 11.2. The number of rotatable bonds is 3. The van der Waals surface area contributed by atoms with E-state index in [-0.39, 0.29) is 11.1 Å². The fourth-order valence-electron chi connectivity index (χ4n) is 1.65. The van der Waals surface area contributed by atoms with Gasteiger partial charge < -0.3 is 10.1 Å². The van der Waals surface area contributed by atoms with Gasteiger partial charge in [0.25, 0.3) is 0 Å². The number of hydrogen-bond acceptors (Lipinski definition) is 5. The van der Waals surface area contributed by atoms with Crippen LogP contribution in [0.3, 0.4) is 0 Å². The van der Waals surface area contributed by atoms with Crippen molar-refractivity contribution in [2.75, 3.05) is 19.4 Å². The van der Waals surface area contributed by atoms with Gasteiger partial charge in [-0.05, 0) is 11.6 Å². The highest BCUT2D eigenvalue weighted by Crippen LogP contribution is 2.35. The lowest BCUT2D eigenvalue weighted by Gasteiger charge is -2.10. The molecule has 2 rings (SSSR count). The molecule has 1 N–H and O–H groups in total. The lowest BCUT2D eigenvalue weighted by Crippen LogP contribution is -2.12. The Labute approximate surface area is 97.3 Å². The van der Waals surface area contributed by atoms with E-state index in [1.54, 1.807) is 23.9 Å². The quantitative estimate of drug-likeness (QED) is 0.646. The van der Waals surface area contributed by atoms with Crippen molar-refractivity contribution in [3.8, 4) is 5.75 Å². The Kier molecular flexibility index (Phi) is 3.31. The minimum absolute atomic E-state index is 0.0225. The van der Waals surface area contributed by atoms with E-state index in [0.29, 0.717) is 5.75 Å². The second-order valence-corrected chi connectivity index (χ2v) is 4.61. The number of ether oxygens (including phenoxy) is 1. The first-order valence-electron chi connectivity index (χ1n) is 4.89.